The van der Waals surface area contributed by atoms with Crippen molar-refractivity contribution in [2.24, 2.45) is 0 Å². The van der Waals surface area contributed by atoms with Gasteiger partial charge in [0.2, 0.25) is 0 Å². The fourth-order valence-electron chi connectivity index (χ4n) is 3.02. The first-order valence-corrected chi connectivity index (χ1v) is 8.41. The standard InChI is InChI=1S/C18H30N2O2/c1-18(2,3)16-7-5-6-8-17(16)22-14-15(21)13-20-11-9-19(4)10-12-20/h5-8,15,21H,9-14H2,1-4H3/p+2/t15-/m0/s1. The van der Waals surface area contributed by atoms with Gasteiger partial charge in [0.15, 0.2) is 0 Å². The van der Waals surface area contributed by atoms with Crippen molar-refractivity contribution in [3.05, 3.63) is 29.8 Å². The smallest absolute Gasteiger partial charge is 0.137 e. The Morgan fingerprint density at radius 1 is 1.14 bits per heavy atom. The van der Waals surface area contributed by atoms with Crippen LogP contribution in [0.1, 0.15) is 26.3 Å². The van der Waals surface area contributed by atoms with E-state index in [1.54, 1.807) is 4.90 Å². The molecule has 22 heavy (non-hydrogen) atoms. The molecular weight excluding hydrogens is 276 g/mol. The number of benzene rings is 1. The van der Waals surface area contributed by atoms with Gasteiger partial charge < -0.3 is 19.6 Å². The van der Waals surface area contributed by atoms with E-state index in [4.69, 9.17) is 4.74 Å². The number of piperazine rings is 1. The Kier molecular flexibility index (Phi) is 5.84. The predicted octanol–water partition coefficient (Wildman–Crippen LogP) is -0.863. The first-order chi connectivity index (χ1) is 10.4. The first-order valence-electron chi connectivity index (χ1n) is 8.41. The summed E-state index contributed by atoms with van der Waals surface area (Å²) in [6, 6.07) is 8.14. The number of quaternary nitrogens is 2. The molecule has 0 amide bonds. The fourth-order valence-corrected chi connectivity index (χ4v) is 3.02. The van der Waals surface area contributed by atoms with Crippen LogP contribution in [0.25, 0.3) is 0 Å². The Morgan fingerprint density at radius 3 is 2.41 bits per heavy atom. The molecule has 1 aliphatic rings. The highest BCUT2D eigenvalue weighted by molar-refractivity contribution is 5.38. The van der Waals surface area contributed by atoms with Crippen LogP contribution in [0.3, 0.4) is 0 Å². The number of aliphatic hydroxyl groups excluding tert-OH is 1. The lowest BCUT2D eigenvalue weighted by Gasteiger charge is -2.29. The molecular formula is C18H32N2O2+2. The summed E-state index contributed by atoms with van der Waals surface area (Å²) >= 11 is 0. The average Bonchev–Trinajstić information content (AvgIpc) is 2.47. The highest BCUT2D eigenvalue weighted by Crippen LogP contribution is 2.30. The molecule has 0 unspecified atom stereocenters. The van der Waals surface area contributed by atoms with Crippen molar-refractivity contribution in [3.63, 3.8) is 0 Å². The van der Waals surface area contributed by atoms with Crippen LogP contribution >= 0.6 is 0 Å². The van der Waals surface area contributed by atoms with Crippen LogP contribution in [0, 0.1) is 0 Å². The van der Waals surface area contributed by atoms with Crippen molar-refractivity contribution in [1.29, 1.82) is 0 Å². The van der Waals surface area contributed by atoms with Gasteiger partial charge in [0.05, 0.1) is 7.05 Å². The highest BCUT2D eigenvalue weighted by Gasteiger charge is 2.23. The largest absolute Gasteiger partial charge is 0.490 e. The molecule has 0 radical (unpaired) electrons. The maximum Gasteiger partial charge on any atom is 0.137 e. The van der Waals surface area contributed by atoms with Gasteiger partial charge in [-0.25, -0.2) is 0 Å². The Bertz CT molecular complexity index is 462. The maximum atomic E-state index is 10.3. The molecule has 4 heteroatoms. The zero-order valence-electron chi connectivity index (χ0n) is 14.5. The molecule has 0 spiro atoms. The van der Waals surface area contributed by atoms with E-state index in [9.17, 15) is 5.11 Å². The zero-order valence-corrected chi connectivity index (χ0v) is 14.5. The minimum atomic E-state index is -0.401. The van der Waals surface area contributed by atoms with Crippen LogP contribution in [0.2, 0.25) is 0 Å². The summed E-state index contributed by atoms with van der Waals surface area (Å²) in [7, 11) is 2.24. The molecule has 1 atom stereocenters. The van der Waals surface area contributed by atoms with E-state index in [0.717, 1.165) is 25.4 Å². The number of para-hydroxylation sites is 1. The third-order valence-electron chi connectivity index (χ3n) is 4.46. The van der Waals surface area contributed by atoms with Crippen molar-refractivity contribution >= 4 is 0 Å². The monoisotopic (exact) mass is 308 g/mol. The third kappa shape index (κ3) is 4.97. The molecule has 1 aliphatic heterocycles. The molecule has 124 valence electrons. The molecule has 0 aliphatic carbocycles. The summed E-state index contributed by atoms with van der Waals surface area (Å²) in [5.74, 6) is 0.895. The lowest BCUT2D eigenvalue weighted by molar-refractivity contribution is -1.00. The van der Waals surface area contributed by atoms with Gasteiger partial charge in [-0.15, -0.1) is 0 Å². The van der Waals surface area contributed by atoms with Gasteiger partial charge >= 0.3 is 0 Å². The van der Waals surface area contributed by atoms with Crippen LogP contribution in [0.15, 0.2) is 24.3 Å². The number of hydrogen-bond donors (Lipinski definition) is 3. The minimum Gasteiger partial charge on any atom is -0.490 e. The van der Waals surface area contributed by atoms with Crippen LogP contribution in [-0.4, -0.2) is 57.6 Å². The van der Waals surface area contributed by atoms with Gasteiger partial charge in [0.25, 0.3) is 0 Å². The lowest BCUT2D eigenvalue weighted by Crippen LogP contribution is -3.27. The van der Waals surface area contributed by atoms with Gasteiger partial charge in [-0.1, -0.05) is 39.0 Å². The number of likely N-dealkylation sites (N-methyl/N-ethyl adjacent to an activating group) is 1. The summed E-state index contributed by atoms with van der Waals surface area (Å²) < 4.78 is 5.92. The summed E-state index contributed by atoms with van der Waals surface area (Å²) in [5.41, 5.74) is 1.24. The topological polar surface area (TPSA) is 38.3 Å². The molecule has 1 aromatic rings. The zero-order chi connectivity index (χ0) is 16.2. The van der Waals surface area contributed by atoms with Crippen LogP contribution in [0.5, 0.6) is 5.75 Å². The van der Waals surface area contributed by atoms with Crippen molar-refractivity contribution < 1.29 is 19.6 Å². The minimum absolute atomic E-state index is 0.0486. The molecule has 1 heterocycles. The maximum absolute atomic E-state index is 10.3. The van der Waals surface area contributed by atoms with Gasteiger partial charge in [-0.2, -0.15) is 0 Å². The number of nitrogens with one attached hydrogen (secondary N) is 2. The van der Waals surface area contributed by atoms with Crippen molar-refractivity contribution in [1.82, 2.24) is 0 Å². The first kappa shape index (κ1) is 17.3. The van der Waals surface area contributed by atoms with E-state index in [0.29, 0.717) is 6.61 Å². The third-order valence-corrected chi connectivity index (χ3v) is 4.46. The number of aliphatic hydroxyl groups is 1. The molecule has 0 bridgehead atoms. The van der Waals surface area contributed by atoms with E-state index in [1.807, 2.05) is 18.2 Å². The second-order valence-corrected chi connectivity index (χ2v) is 7.62. The highest BCUT2D eigenvalue weighted by atomic mass is 16.5. The Labute approximate surface area is 134 Å². The molecule has 1 aromatic carbocycles. The second kappa shape index (κ2) is 7.44. The molecule has 1 fully saturated rings. The Hall–Kier alpha value is -1.10. The van der Waals surface area contributed by atoms with Crippen LogP contribution in [-0.2, 0) is 5.41 Å². The summed E-state index contributed by atoms with van der Waals surface area (Å²) in [6.45, 7) is 12.4. The van der Waals surface area contributed by atoms with E-state index < -0.39 is 6.10 Å². The molecule has 4 nitrogen and oxygen atoms in total. The van der Waals surface area contributed by atoms with Gasteiger partial charge in [0, 0.05) is 0 Å². The number of rotatable bonds is 5. The van der Waals surface area contributed by atoms with Gasteiger partial charge in [0.1, 0.15) is 51.2 Å². The van der Waals surface area contributed by atoms with E-state index in [1.165, 1.54) is 23.6 Å². The van der Waals surface area contributed by atoms with E-state index in [2.05, 4.69) is 33.9 Å². The summed E-state index contributed by atoms with van der Waals surface area (Å²) in [6.07, 6.45) is -0.401. The fraction of sp³-hybridized carbons (Fsp3) is 0.667. The Balaban J connectivity index is 1.85. The summed E-state index contributed by atoms with van der Waals surface area (Å²) in [5, 5.41) is 10.3. The molecule has 1 saturated heterocycles. The van der Waals surface area contributed by atoms with Crippen molar-refractivity contribution in [3.8, 4) is 5.75 Å². The predicted molar refractivity (Wildman–Crippen MR) is 88.8 cm³/mol. The van der Waals surface area contributed by atoms with E-state index >= 15 is 0 Å². The van der Waals surface area contributed by atoms with Crippen molar-refractivity contribution in [2.75, 3.05) is 46.4 Å². The number of hydrogen-bond acceptors (Lipinski definition) is 2. The molecule has 0 aromatic heterocycles. The lowest BCUT2D eigenvalue weighted by atomic mass is 9.86. The van der Waals surface area contributed by atoms with Crippen molar-refractivity contribution in [2.45, 2.75) is 32.3 Å². The quantitative estimate of drug-likeness (QED) is 0.662. The second-order valence-electron chi connectivity index (χ2n) is 7.62. The molecule has 0 saturated carbocycles. The average molecular weight is 308 g/mol. The van der Waals surface area contributed by atoms with Crippen LogP contribution in [0.4, 0.5) is 0 Å². The van der Waals surface area contributed by atoms with Gasteiger partial charge in [-0.05, 0) is 17.0 Å². The normalized spacial score (nSPS) is 24.0. The number of ether oxygens (including phenoxy) is 1. The van der Waals surface area contributed by atoms with Crippen LogP contribution < -0.4 is 14.5 Å². The summed E-state index contributed by atoms with van der Waals surface area (Å²) in [4.78, 5) is 3.08. The van der Waals surface area contributed by atoms with E-state index in [-0.39, 0.29) is 5.41 Å². The molecule has 3 N–H and O–H groups in total. The SMILES string of the molecule is C[NH+]1CC[NH+](C[C@H](O)COc2ccccc2C(C)(C)C)CC1. The Morgan fingerprint density at radius 2 is 1.77 bits per heavy atom. The molecule has 2 rings (SSSR count). The van der Waals surface area contributed by atoms with Gasteiger partial charge in [-0.3, -0.25) is 0 Å².